The maximum Gasteiger partial charge on any atom is 0.0724 e. The van der Waals surface area contributed by atoms with Crippen molar-refractivity contribution < 1.29 is 9.84 Å². The minimum atomic E-state index is -0.523. The highest BCUT2D eigenvalue weighted by atomic mass is 16.5. The van der Waals surface area contributed by atoms with Crippen LogP contribution in [-0.2, 0) is 4.74 Å². The number of hydrogen-bond donors (Lipinski definition) is 1. The van der Waals surface area contributed by atoms with Gasteiger partial charge in [0.1, 0.15) is 0 Å². The van der Waals surface area contributed by atoms with Crippen molar-refractivity contribution in [3.8, 4) is 0 Å². The van der Waals surface area contributed by atoms with Gasteiger partial charge in [0.2, 0.25) is 0 Å². The van der Waals surface area contributed by atoms with E-state index in [2.05, 4.69) is 20.8 Å². The molecule has 2 nitrogen and oxygen atoms in total. The molecule has 1 aliphatic heterocycles. The summed E-state index contributed by atoms with van der Waals surface area (Å²) in [6, 6.07) is 0. The number of hydrogen-bond acceptors (Lipinski definition) is 2. The average molecular weight is 200 g/mol. The van der Waals surface area contributed by atoms with Gasteiger partial charge in [0.15, 0.2) is 0 Å². The molecule has 0 aliphatic carbocycles. The van der Waals surface area contributed by atoms with Crippen molar-refractivity contribution in [3.05, 3.63) is 0 Å². The first-order valence-electron chi connectivity index (χ1n) is 5.73. The van der Waals surface area contributed by atoms with Crippen LogP contribution in [0, 0.1) is 11.8 Å². The van der Waals surface area contributed by atoms with Gasteiger partial charge in [-0.3, -0.25) is 0 Å². The third-order valence-electron chi connectivity index (χ3n) is 3.59. The van der Waals surface area contributed by atoms with Gasteiger partial charge in [0.25, 0.3) is 0 Å². The second-order valence-electron chi connectivity index (χ2n) is 5.30. The molecule has 1 fully saturated rings. The largest absolute Gasteiger partial charge is 0.389 e. The fourth-order valence-corrected chi connectivity index (χ4v) is 2.56. The zero-order valence-corrected chi connectivity index (χ0v) is 10.1. The summed E-state index contributed by atoms with van der Waals surface area (Å²) < 4.78 is 5.65. The van der Waals surface area contributed by atoms with Crippen molar-refractivity contribution in [2.75, 3.05) is 0 Å². The summed E-state index contributed by atoms with van der Waals surface area (Å²) in [5.41, 5.74) is -0.523. The Hall–Kier alpha value is -0.0800. The molecule has 0 spiro atoms. The molecule has 3 atom stereocenters. The molecule has 1 rings (SSSR count). The van der Waals surface area contributed by atoms with E-state index < -0.39 is 5.60 Å². The molecule has 2 heteroatoms. The maximum absolute atomic E-state index is 10.6. The highest BCUT2D eigenvalue weighted by Crippen LogP contribution is 2.37. The summed E-state index contributed by atoms with van der Waals surface area (Å²) in [7, 11) is 0. The molecular weight excluding hydrogens is 176 g/mol. The molecule has 3 unspecified atom stereocenters. The third kappa shape index (κ3) is 2.48. The van der Waals surface area contributed by atoms with E-state index in [4.69, 9.17) is 4.74 Å². The van der Waals surface area contributed by atoms with Gasteiger partial charge in [-0.15, -0.1) is 0 Å². The lowest BCUT2D eigenvalue weighted by Crippen LogP contribution is -2.49. The Balaban J connectivity index is 2.71. The first-order chi connectivity index (χ1) is 6.35. The Labute approximate surface area is 87.7 Å². The molecule has 0 aromatic carbocycles. The normalized spacial score (nSPS) is 41.4. The smallest absolute Gasteiger partial charge is 0.0724 e. The third-order valence-corrected chi connectivity index (χ3v) is 3.59. The number of rotatable bonds is 2. The van der Waals surface area contributed by atoms with Crippen molar-refractivity contribution in [1.82, 2.24) is 0 Å². The molecule has 0 saturated carbocycles. The molecule has 0 aromatic heterocycles. The van der Waals surface area contributed by atoms with E-state index in [0.717, 1.165) is 12.8 Å². The first kappa shape index (κ1) is 12.0. The van der Waals surface area contributed by atoms with Gasteiger partial charge >= 0.3 is 0 Å². The number of ether oxygens (including phenoxy) is 1. The van der Waals surface area contributed by atoms with E-state index in [1.165, 1.54) is 0 Å². The molecule has 1 aliphatic rings. The monoisotopic (exact) mass is 200 g/mol. The van der Waals surface area contributed by atoms with Gasteiger partial charge in [0.05, 0.1) is 17.8 Å². The van der Waals surface area contributed by atoms with Crippen molar-refractivity contribution in [3.63, 3.8) is 0 Å². The van der Waals surface area contributed by atoms with Crippen molar-refractivity contribution in [2.24, 2.45) is 11.8 Å². The van der Waals surface area contributed by atoms with Gasteiger partial charge in [-0.05, 0) is 25.7 Å². The van der Waals surface area contributed by atoms with Crippen molar-refractivity contribution in [2.45, 2.75) is 65.3 Å². The molecule has 0 aromatic rings. The molecule has 1 heterocycles. The van der Waals surface area contributed by atoms with Gasteiger partial charge in [-0.25, -0.2) is 0 Å². The Kier molecular flexibility index (Phi) is 3.59. The number of aliphatic hydroxyl groups is 1. The highest BCUT2D eigenvalue weighted by molar-refractivity contribution is 4.92. The van der Waals surface area contributed by atoms with Crippen LogP contribution < -0.4 is 0 Å². The van der Waals surface area contributed by atoms with Gasteiger partial charge in [-0.1, -0.05) is 20.8 Å². The minimum absolute atomic E-state index is 0.185. The molecule has 1 saturated heterocycles. The van der Waals surface area contributed by atoms with E-state index in [0.29, 0.717) is 11.8 Å². The van der Waals surface area contributed by atoms with Crippen molar-refractivity contribution in [1.29, 1.82) is 0 Å². The second kappa shape index (κ2) is 4.19. The first-order valence-corrected chi connectivity index (χ1v) is 5.73. The standard InChI is InChI=1S/C12H24O2/c1-8(2)11(5)12(13)6-9(3)14-10(4)7-12/h8-11,13H,6-7H2,1-5H3. The predicted molar refractivity (Wildman–Crippen MR) is 58.2 cm³/mol. The lowest BCUT2D eigenvalue weighted by Gasteiger charge is -2.44. The van der Waals surface area contributed by atoms with Crippen LogP contribution in [0.5, 0.6) is 0 Å². The topological polar surface area (TPSA) is 29.5 Å². The molecule has 84 valence electrons. The van der Waals surface area contributed by atoms with Gasteiger partial charge < -0.3 is 9.84 Å². The predicted octanol–water partition coefficient (Wildman–Crippen LogP) is 2.60. The second-order valence-corrected chi connectivity index (χ2v) is 5.30. The molecule has 14 heavy (non-hydrogen) atoms. The summed E-state index contributed by atoms with van der Waals surface area (Å²) in [5.74, 6) is 0.869. The van der Waals surface area contributed by atoms with Gasteiger partial charge in [0, 0.05) is 12.8 Å². The lowest BCUT2D eigenvalue weighted by atomic mass is 9.73. The molecule has 1 N–H and O–H groups in total. The van der Waals surface area contributed by atoms with Crippen LogP contribution in [0.3, 0.4) is 0 Å². The van der Waals surface area contributed by atoms with Crippen LogP contribution in [0.15, 0.2) is 0 Å². The SMILES string of the molecule is CC1CC(O)(C(C)C(C)C)CC(C)O1. The molecule has 0 bridgehead atoms. The van der Waals surface area contributed by atoms with E-state index in [-0.39, 0.29) is 12.2 Å². The lowest BCUT2D eigenvalue weighted by molar-refractivity contribution is -0.159. The van der Waals surface area contributed by atoms with Crippen LogP contribution >= 0.6 is 0 Å². The summed E-state index contributed by atoms with van der Waals surface area (Å²) in [4.78, 5) is 0. The van der Waals surface area contributed by atoms with Crippen LogP contribution in [0.1, 0.15) is 47.5 Å². The molecule has 0 radical (unpaired) electrons. The summed E-state index contributed by atoms with van der Waals surface area (Å²) in [6.07, 6.45) is 1.92. The van der Waals surface area contributed by atoms with Crippen molar-refractivity contribution >= 4 is 0 Å². The Bertz CT molecular complexity index is 179. The Morgan fingerprint density at radius 1 is 1.14 bits per heavy atom. The Morgan fingerprint density at radius 3 is 1.93 bits per heavy atom. The van der Waals surface area contributed by atoms with E-state index >= 15 is 0 Å². The summed E-state index contributed by atoms with van der Waals surface area (Å²) in [5, 5.41) is 10.6. The van der Waals surface area contributed by atoms with E-state index in [1.54, 1.807) is 0 Å². The maximum atomic E-state index is 10.6. The molecule has 0 amide bonds. The van der Waals surface area contributed by atoms with Crippen LogP contribution in [0.2, 0.25) is 0 Å². The quantitative estimate of drug-likeness (QED) is 0.742. The minimum Gasteiger partial charge on any atom is -0.389 e. The fourth-order valence-electron chi connectivity index (χ4n) is 2.56. The fraction of sp³-hybridized carbons (Fsp3) is 1.00. The molecular formula is C12H24O2. The summed E-state index contributed by atoms with van der Waals surface area (Å²) >= 11 is 0. The zero-order chi connectivity index (χ0) is 10.9. The van der Waals surface area contributed by atoms with Gasteiger partial charge in [-0.2, -0.15) is 0 Å². The van der Waals surface area contributed by atoms with Crippen LogP contribution in [0.4, 0.5) is 0 Å². The van der Waals surface area contributed by atoms with Crippen LogP contribution in [-0.4, -0.2) is 22.9 Å². The average Bonchev–Trinajstić information content (AvgIpc) is 1.99. The highest BCUT2D eigenvalue weighted by Gasteiger charge is 2.41. The summed E-state index contributed by atoms with van der Waals surface area (Å²) in [6.45, 7) is 10.6. The van der Waals surface area contributed by atoms with E-state index in [9.17, 15) is 5.11 Å². The Morgan fingerprint density at radius 2 is 1.57 bits per heavy atom. The van der Waals surface area contributed by atoms with E-state index in [1.807, 2.05) is 13.8 Å². The van der Waals surface area contributed by atoms with Crippen LogP contribution in [0.25, 0.3) is 0 Å². The zero-order valence-electron chi connectivity index (χ0n) is 10.1.